The van der Waals surface area contributed by atoms with Gasteiger partial charge < -0.3 is 29.0 Å². The van der Waals surface area contributed by atoms with E-state index in [0.717, 1.165) is 30.8 Å². The van der Waals surface area contributed by atoms with E-state index in [1.165, 1.54) is 24.1 Å². The number of likely N-dealkylation sites (tertiary alicyclic amines) is 1. The average Bonchev–Trinajstić information content (AvgIpc) is 3.39. The molecule has 2 fully saturated rings. The number of halogens is 1. The van der Waals surface area contributed by atoms with E-state index in [2.05, 4.69) is 4.90 Å². The number of rotatable bonds is 13. The van der Waals surface area contributed by atoms with Gasteiger partial charge in [0, 0.05) is 31.7 Å². The van der Waals surface area contributed by atoms with Gasteiger partial charge in [-0.15, -0.1) is 0 Å². The highest BCUT2D eigenvalue weighted by Crippen LogP contribution is 2.42. The summed E-state index contributed by atoms with van der Waals surface area (Å²) in [5, 5.41) is 11.6. The summed E-state index contributed by atoms with van der Waals surface area (Å²) in [6, 6.07) is 26.9. The highest BCUT2D eigenvalue weighted by molar-refractivity contribution is 6.46. The van der Waals surface area contributed by atoms with Crippen LogP contribution in [0, 0.1) is 5.82 Å². The quantitative estimate of drug-likeness (QED) is 0.103. The molecule has 0 spiro atoms. The van der Waals surface area contributed by atoms with Crippen molar-refractivity contribution >= 4 is 17.4 Å². The molecule has 0 saturated carbocycles. The van der Waals surface area contributed by atoms with Crippen LogP contribution >= 0.6 is 0 Å². The van der Waals surface area contributed by atoms with E-state index < -0.39 is 17.7 Å². The first kappa shape index (κ1) is 33.7. The molecule has 1 unspecified atom stereocenters. The van der Waals surface area contributed by atoms with Crippen molar-refractivity contribution in [1.82, 2.24) is 9.80 Å². The lowest BCUT2D eigenvalue weighted by Gasteiger charge is -2.29. The van der Waals surface area contributed by atoms with Gasteiger partial charge in [-0.3, -0.25) is 14.5 Å². The largest absolute Gasteiger partial charge is 0.507 e. The van der Waals surface area contributed by atoms with Crippen LogP contribution in [0.15, 0.2) is 103 Å². The van der Waals surface area contributed by atoms with Crippen molar-refractivity contribution in [2.45, 2.75) is 25.7 Å². The Balaban J connectivity index is 1.27. The Hall–Kier alpha value is -5.19. The molecule has 0 aliphatic carbocycles. The molecule has 10 heteroatoms. The second kappa shape index (κ2) is 15.8. The first-order valence-electron chi connectivity index (χ1n) is 16.3. The minimum atomic E-state index is -0.851. The monoisotopic (exact) mass is 666 g/mol. The molecule has 2 saturated heterocycles. The van der Waals surface area contributed by atoms with Gasteiger partial charge >= 0.3 is 0 Å². The van der Waals surface area contributed by atoms with Crippen molar-refractivity contribution in [2.24, 2.45) is 0 Å². The zero-order chi connectivity index (χ0) is 34.2. The Morgan fingerprint density at radius 2 is 1.53 bits per heavy atom. The van der Waals surface area contributed by atoms with Crippen LogP contribution in [-0.4, -0.2) is 73.1 Å². The van der Waals surface area contributed by atoms with Gasteiger partial charge in [0.15, 0.2) is 11.5 Å². The predicted molar refractivity (Wildman–Crippen MR) is 182 cm³/mol. The number of benzene rings is 4. The fraction of sp³-hybridized carbons (Fsp3) is 0.282. The molecular weight excluding hydrogens is 627 g/mol. The van der Waals surface area contributed by atoms with Gasteiger partial charge in [-0.1, -0.05) is 48.5 Å². The number of morpholine rings is 1. The van der Waals surface area contributed by atoms with Crippen LogP contribution in [0.2, 0.25) is 0 Å². The minimum absolute atomic E-state index is 0.00337. The first-order valence-corrected chi connectivity index (χ1v) is 16.3. The lowest BCUT2D eigenvalue weighted by atomic mass is 9.95. The Labute approximate surface area is 285 Å². The summed E-state index contributed by atoms with van der Waals surface area (Å²) < 4.78 is 36.3. The number of methoxy groups -OCH3 is 1. The van der Waals surface area contributed by atoms with Gasteiger partial charge in [0.1, 0.15) is 30.5 Å². The van der Waals surface area contributed by atoms with Crippen LogP contribution in [0.25, 0.3) is 5.76 Å². The van der Waals surface area contributed by atoms with Crippen LogP contribution in [0.3, 0.4) is 0 Å². The number of hydrogen-bond acceptors (Lipinski definition) is 8. The van der Waals surface area contributed by atoms with Crippen LogP contribution in [0.4, 0.5) is 4.39 Å². The number of aliphatic hydroxyl groups excluding tert-OH is 1. The summed E-state index contributed by atoms with van der Waals surface area (Å²) in [5.74, 6) is -0.559. The highest BCUT2D eigenvalue weighted by atomic mass is 19.1. The molecule has 4 aromatic rings. The van der Waals surface area contributed by atoms with Crippen molar-refractivity contribution in [2.75, 3.05) is 46.5 Å². The molecule has 2 aliphatic rings. The van der Waals surface area contributed by atoms with E-state index >= 15 is 0 Å². The third-order valence-corrected chi connectivity index (χ3v) is 8.70. The molecule has 2 aliphatic heterocycles. The van der Waals surface area contributed by atoms with Crippen molar-refractivity contribution in [1.29, 1.82) is 0 Å². The maximum Gasteiger partial charge on any atom is 0.295 e. The van der Waals surface area contributed by atoms with Gasteiger partial charge in [-0.2, -0.15) is 0 Å². The second-order valence-corrected chi connectivity index (χ2v) is 11.9. The van der Waals surface area contributed by atoms with Gasteiger partial charge in [0.25, 0.3) is 11.7 Å². The van der Waals surface area contributed by atoms with Gasteiger partial charge in [-0.05, 0) is 71.6 Å². The second-order valence-electron chi connectivity index (χ2n) is 11.9. The zero-order valence-electron chi connectivity index (χ0n) is 27.3. The Kier molecular flexibility index (Phi) is 10.9. The van der Waals surface area contributed by atoms with E-state index in [1.54, 1.807) is 54.6 Å². The van der Waals surface area contributed by atoms with Gasteiger partial charge in [-0.25, -0.2) is 4.39 Å². The van der Waals surface area contributed by atoms with E-state index in [9.17, 15) is 19.1 Å². The van der Waals surface area contributed by atoms with Crippen molar-refractivity contribution in [3.63, 3.8) is 0 Å². The van der Waals surface area contributed by atoms with Crippen molar-refractivity contribution in [3.05, 3.63) is 131 Å². The third kappa shape index (κ3) is 8.10. The number of hydrogen-bond donors (Lipinski definition) is 1. The number of amides is 1. The fourth-order valence-electron chi connectivity index (χ4n) is 6.07. The number of ether oxygens (including phenoxy) is 4. The van der Waals surface area contributed by atoms with E-state index in [1.807, 2.05) is 30.3 Å². The average molecular weight is 667 g/mol. The molecule has 1 amide bonds. The topological polar surface area (TPSA) is 97.8 Å². The lowest BCUT2D eigenvalue weighted by molar-refractivity contribution is -0.140. The summed E-state index contributed by atoms with van der Waals surface area (Å²) in [4.78, 5) is 31.1. The maximum absolute atomic E-state index is 13.7. The molecule has 0 bridgehead atoms. The van der Waals surface area contributed by atoms with E-state index in [-0.39, 0.29) is 23.8 Å². The molecule has 4 aromatic carbocycles. The minimum Gasteiger partial charge on any atom is -0.507 e. The van der Waals surface area contributed by atoms with Crippen LogP contribution in [-0.2, 0) is 27.5 Å². The Bertz CT molecular complexity index is 1770. The lowest BCUT2D eigenvalue weighted by Crippen LogP contribution is -2.39. The fourth-order valence-corrected chi connectivity index (χ4v) is 6.07. The predicted octanol–water partition coefficient (Wildman–Crippen LogP) is 6.14. The normalized spacial score (nSPS) is 17.7. The number of Topliss-reactive ketones (excluding diaryl/α,β-unsaturated/α-hetero) is 1. The summed E-state index contributed by atoms with van der Waals surface area (Å²) >= 11 is 0. The summed E-state index contributed by atoms with van der Waals surface area (Å²) in [7, 11) is 1.54. The molecule has 0 aromatic heterocycles. The number of aliphatic hydroxyl groups is 1. The highest BCUT2D eigenvalue weighted by Gasteiger charge is 2.46. The molecule has 254 valence electrons. The standard InChI is InChI=1S/C39H39FN2O7/c1-46-34-24-30(12-17-33(34)49-26-27-6-3-2-4-7-27)36-35(38(44)39(45)42(36)19-5-18-41-20-22-47-23-21-41)37(43)29-10-15-32(16-11-29)48-25-28-8-13-31(40)14-9-28/h2-4,6-17,24,36,43H,5,18-23,25-26H2,1H3. The maximum atomic E-state index is 13.7. The summed E-state index contributed by atoms with van der Waals surface area (Å²) in [5.41, 5.74) is 2.76. The molecule has 6 rings (SSSR count). The number of carbonyl (C=O) groups is 2. The van der Waals surface area contributed by atoms with Gasteiger partial charge in [0.2, 0.25) is 0 Å². The zero-order valence-corrected chi connectivity index (χ0v) is 27.3. The van der Waals surface area contributed by atoms with Crippen molar-refractivity contribution in [3.8, 4) is 17.2 Å². The molecule has 49 heavy (non-hydrogen) atoms. The van der Waals surface area contributed by atoms with E-state index in [4.69, 9.17) is 18.9 Å². The van der Waals surface area contributed by atoms with Crippen LogP contribution in [0.1, 0.15) is 34.7 Å². The molecular formula is C39H39FN2O7. The summed E-state index contributed by atoms with van der Waals surface area (Å²) in [6.45, 7) is 4.58. The first-order chi connectivity index (χ1) is 23.9. The van der Waals surface area contributed by atoms with E-state index in [0.29, 0.717) is 61.2 Å². The molecule has 2 heterocycles. The SMILES string of the molecule is COc1cc(C2C(=C(O)c3ccc(OCc4ccc(F)cc4)cc3)C(=O)C(=O)N2CCCN2CCOCC2)ccc1OCc1ccccc1. The number of carbonyl (C=O) groups excluding carboxylic acids is 2. The van der Waals surface area contributed by atoms with Crippen LogP contribution in [0.5, 0.6) is 17.2 Å². The van der Waals surface area contributed by atoms with Crippen molar-refractivity contribution < 1.29 is 38.0 Å². The molecule has 1 atom stereocenters. The summed E-state index contributed by atoms with van der Waals surface area (Å²) in [6.07, 6.45) is 0.638. The Morgan fingerprint density at radius 3 is 2.24 bits per heavy atom. The van der Waals surface area contributed by atoms with Crippen LogP contribution < -0.4 is 14.2 Å². The molecule has 1 N–H and O–H groups in total. The van der Waals surface area contributed by atoms with Gasteiger partial charge in [0.05, 0.1) is 31.9 Å². The molecule has 9 nitrogen and oxygen atoms in total. The molecule has 0 radical (unpaired) electrons. The smallest absolute Gasteiger partial charge is 0.295 e. The number of nitrogens with zero attached hydrogens (tertiary/aromatic N) is 2. The third-order valence-electron chi connectivity index (χ3n) is 8.70. The Morgan fingerprint density at radius 1 is 0.837 bits per heavy atom. The number of ketones is 1.